The van der Waals surface area contributed by atoms with Gasteiger partial charge in [-0.1, -0.05) is 42.3 Å². The van der Waals surface area contributed by atoms with Crippen molar-refractivity contribution in [2.24, 2.45) is 0 Å². The topological polar surface area (TPSA) is 0 Å². The maximum atomic E-state index is 13.6. The molecule has 0 spiro atoms. The number of thioether (sulfide) groups is 1. The molecule has 90 valence electrons. The Morgan fingerprint density at radius 3 is 2.00 bits per heavy atom. The van der Waals surface area contributed by atoms with Gasteiger partial charge < -0.3 is 0 Å². The zero-order valence-electron chi connectivity index (χ0n) is 9.44. The average Bonchev–Trinajstić information content (AvgIpc) is 2.38. The molecule has 0 nitrogen and oxygen atoms in total. The molecule has 0 saturated carbocycles. The molecule has 0 radical (unpaired) electrons. The quantitative estimate of drug-likeness (QED) is 0.569. The highest BCUT2D eigenvalue weighted by Gasteiger charge is 2.27. The molecule has 0 saturated heterocycles. The van der Waals surface area contributed by atoms with Crippen molar-refractivity contribution >= 4 is 11.8 Å². The predicted octanol–water partition coefficient (Wildman–Crippen LogP) is 4.42. The molecule has 0 bridgehead atoms. The fourth-order valence-electron chi connectivity index (χ4n) is 1.33. The maximum Gasteiger partial charge on any atom is 0.361 e. The molecule has 0 aliphatic heterocycles. The molecule has 0 N–H and O–H groups in total. The molecule has 0 unspecified atom stereocenters. The van der Waals surface area contributed by atoms with Gasteiger partial charge >= 0.3 is 5.25 Å². The van der Waals surface area contributed by atoms with Crippen LogP contribution in [0, 0.1) is 11.8 Å². The normalized spacial score (nSPS) is 10.6. The Morgan fingerprint density at radius 2 is 1.39 bits per heavy atom. The molecule has 0 heterocycles. The van der Waals surface area contributed by atoms with Crippen LogP contribution in [0.4, 0.5) is 8.78 Å². The minimum Gasteiger partial charge on any atom is -0.180 e. The molecule has 0 amide bonds. The smallest absolute Gasteiger partial charge is 0.180 e. The van der Waals surface area contributed by atoms with Crippen LogP contribution in [0.1, 0.15) is 5.56 Å². The van der Waals surface area contributed by atoms with E-state index in [1.54, 1.807) is 54.6 Å². The molecular formula is C15H10F2S. The van der Waals surface area contributed by atoms with Gasteiger partial charge in [0.05, 0.1) is 0 Å². The molecule has 2 aromatic carbocycles. The van der Waals surface area contributed by atoms with Gasteiger partial charge in [0.25, 0.3) is 0 Å². The van der Waals surface area contributed by atoms with Gasteiger partial charge in [-0.15, -0.1) is 0 Å². The summed E-state index contributed by atoms with van der Waals surface area (Å²) in [6.07, 6.45) is 0. The van der Waals surface area contributed by atoms with Crippen LogP contribution >= 0.6 is 11.8 Å². The van der Waals surface area contributed by atoms with E-state index in [9.17, 15) is 8.78 Å². The van der Waals surface area contributed by atoms with Crippen molar-refractivity contribution in [2.45, 2.75) is 10.2 Å². The van der Waals surface area contributed by atoms with E-state index >= 15 is 0 Å². The number of halogens is 2. The lowest BCUT2D eigenvalue weighted by atomic mass is 10.2. The number of benzene rings is 2. The van der Waals surface area contributed by atoms with E-state index in [-0.39, 0.29) is 0 Å². The molecule has 0 aliphatic rings. The molecular weight excluding hydrogens is 250 g/mol. The lowest BCUT2D eigenvalue weighted by Crippen LogP contribution is -2.05. The second kappa shape index (κ2) is 5.70. The van der Waals surface area contributed by atoms with Crippen LogP contribution in [0.5, 0.6) is 0 Å². The predicted molar refractivity (Wildman–Crippen MR) is 70.6 cm³/mol. The van der Waals surface area contributed by atoms with Gasteiger partial charge in [-0.2, -0.15) is 8.78 Å². The Bertz CT molecular complexity index is 553. The zero-order valence-corrected chi connectivity index (χ0v) is 10.3. The first kappa shape index (κ1) is 12.7. The van der Waals surface area contributed by atoms with Crippen LogP contribution in [0.25, 0.3) is 0 Å². The zero-order chi connectivity index (χ0) is 12.8. The standard InChI is InChI=1S/C15H10F2S/c16-15(17,18-14-9-5-2-6-10-14)12-11-13-7-3-1-4-8-13/h1-10H. The molecule has 2 aromatic rings. The van der Waals surface area contributed by atoms with Crippen molar-refractivity contribution in [3.05, 3.63) is 66.2 Å². The Morgan fingerprint density at radius 1 is 0.833 bits per heavy atom. The highest BCUT2D eigenvalue weighted by Crippen LogP contribution is 2.34. The molecule has 2 rings (SSSR count). The van der Waals surface area contributed by atoms with Crippen LogP contribution in [-0.4, -0.2) is 5.25 Å². The SMILES string of the molecule is FC(F)(C#Cc1ccccc1)Sc1ccccc1. The van der Waals surface area contributed by atoms with Gasteiger partial charge in [0.2, 0.25) is 0 Å². The summed E-state index contributed by atoms with van der Waals surface area (Å²) in [6.45, 7) is 0. The van der Waals surface area contributed by atoms with Crippen LogP contribution in [0.15, 0.2) is 65.6 Å². The summed E-state index contributed by atoms with van der Waals surface area (Å²) in [6, 6.07) is 17.3. The number of rotatable bonds is 2. The minimum atomic E-state index is -3.09. The van der Waals surface area contributed by atoms with Gasteiger partial charge in [0.1, 0.15) is 0 Å². The molecule has 3 heteroatoms. The summed E-state index contributed by atoms with van der Waals surface area (Å²) in [5, 5.41) is -3.09. The van der Waals surface area contributed by atoms with E-state index in [4.69, 9.17) is 0 Å². The molecule has 18 heavy (non-hydrogen) atoms. The fraction of sp³-hybridized carbons (Fsp3) is 0.0667. The highest BCUT2D eigenvalue weighted by atomic mass is 32.2. The van der Waals surface area contributed by atoms with Crippen molar-refractivity contribution in [1.29, 1.82) is 0 Å². The number of alkyl halides is 2. The van der Waals surface area contributed by atoms with Crippen LogP contribution < -0.4 is 0 Å². The largest absolute Gasteiger partial charge is 0.361 e. The summed E-state index contributed by atoms with van der Waals surface area (Å²) < 4.78 is 27.2. The summed E-state index contributed by atoms with van der Waals surface area (Å²) in [7, 11) is 0. The van der Waals surface area contributed by atoms with Crippen LogP contribution in [-0.2, 0) is 0 Å². The van der Waals surface area contributed by atoms with E-state index in [1.807, 2.05) is 12.0 Å². The third kappa shape index (κ3) is 3.90. The first-order valence-electron chi connectivity index (χ1n) is 5.36. The summed E-state index contributed by atoms with van der Waals surface area (Å²) in [5.41, 5.74) is 0.589. The second-order valence-corrected chi connectivity index (χ2v) is 4.74. The number of hydrogen-bond acceptors (Lipinski definition) is 1. The molecule has 0 aliphatic carbocycles. The number of hydrogen-bond donors (Lipinski definition) is 0. The molecule has 0 fully saturated rings. The highest BCUT2D eigenvalue weighted by molar-refractivity contribution is 8.00. The van der Waals surface area contributed by atoms with Gasteiger partial charge in [0.15, 0.2) is 0 Å². The van der Waals surface area contributed by atoms with Crippen molar-refractivity contribution in [2.75, 3.05) is 0 Å². The fourth-order valence-corrected chi connectivity index (χ4v) is 2.02. The molecule has 0 atom stereocenters. The van der Waals surface area contributed by atoms with Crippen molar-refractivity contribution in [1.82, 2.24) is 0 Å². The lowest BCUT2D eigenvalue weighted by molar-refractivity contribution is 0.174. The van der Waals surface area contributed by atoms with Crippen LogP contribution in [0.2, 0.25) is 0 Å². The van der Waals surface area contributed by atoms with Crippen LogP contribution in [0.3, 0.4) is 0 Å². The first-order chi connectivity index (χ1) is 8.66. The average molecular weight is 260 g/mol. The van der Waals surface area contributed by atoms with Gasteiger partial charge in [-0.05, 0) is 41.9 Å². The van der Waals surface area contributed by atoms with E-state index in [0.717, 1.165) is 0 Å². The Balaban J connectivity index is 2.11. The summed E-state index contributed by atoms with van der Waals surface area (Å²) >= 11 is 0.458. The Kier molecular flexibility index (Phi) is 4.01. The third-order valence-corrected chi connectivity index (χ3v) is 2.98. The maximum absolute atomic E-state index is 13.6. The van der Waals surface area contributed by atoms with Gasteiger partial charge in [-0.3, -0.25) is 0 Å². The van der Waals surface area contributed by atoms with E-state index < -0.39 is 5.25 Å². The molecule has 0 aromatic heterocycles. The van der Waals surface area contributed by atoms with E-state index in [0.29, 0.717) is 22.2 Å². The van der Waals surface area contributed by atoms with E-state index in [1.165, 1.54) is 0 Å². The lowest BCUT2D eigenvalue weighted by Gasteiger charge is -2.07. The van der Waals surface area contributed by atoms with Crippen molar-refractivity contribution in [3.63, 3.8) is 0 Å². The van der Waals surface area contributed by atoms with E-state index in [2.05, 4.69) is 5.92 Å². The summed E-state index contributed by atoms with van der Waals surface area (Å²) in [4.78, 5) is 0.505. The summed E-state index contributed by atoms with van der Waals surface area (Å²) in [5.74, 6) is 4.49. The minimum absolute atomic E-state index is 0.458. The first-order valence-corrected chi connectivity index (χ1v) is 6.17. The van der Waals surface area contributed by atoms with Gasteiger partial charge in [0, 0.05) is 10.5 Å². The Labute approximate surface area is 109 Å². The van der Waals surface area contributed by atoms with Gasteiger partial charge in [-0.25, -0.2) is 0 Å². The monoisotopic (exact) mass is 260 g/mol. The van der Waals surface area contributed by atoms with Crippen molar-refractivity contribution < 1.29 is 8.78 Å². The third-order valence-electron chi connectivity index (χ3n) is 2.12. The second-order valence-electron chi connectivity index (χ2n) is 3.55. The van der Waals surface area contributed by atoms with Crippen molar-refractivity contribution in [3.8, 4) is 11.8 Å². The Hall–Kier alpha value is -1.79.